The predicted octanol–water partition coefficient (Wildman–Crippen LogP) is 4.54. The quantitative estimate of drug-likeness (QED) is 0.754. The van der Waals surface area contributed by atoms with Crippen LogP contribution in [0, 0.1) is 0 Å². The molecule has 3 rings (SSSR count). The first kappa shape index (κ1) is 16.8. The minimum atomic E-state index is -4.41. The number of nitrogens with one attached hydrogen (secondary N) is 1. The predicted molar refractivity (Wildman–Crippen MR) is 85.7 cm³/mol. The van der Waals surface area contributed by atoms with E-state index in [1.165, 1.54) is 12.1 Å². The number of carbonyl (C=O) groups excluding carboxylic acids is 1. The zero-order valence-corrected chi connectivity index (χ0v) is 12.9. The third-order valence-corrected chi connectivity index (χ3v) is 3.45. The third-order valence-electron chi connectivity index (χ3n) is 3.45. The summed E-state index contributed by atoms with van der Waals surface area (Å²) >= 11 is 0. The van der Waals surface area contributed by atoms with Gasteiger partial charge in [0.2, 0.25) is 5.91 Å². The fourth-order valence-electron chi connectivity index (χ4n) is 2.25. The Morgan fingerprint density at radius 3 is 2.36 bits per heavy atom. The maximum absolute atomic E-state index is 12.5. The molecule has 0 fully saturated rings. The van der Waals surface area contributed by atoms with E-state index in [4.69, 9.17) is 4.52 Å². The van der Waals surface area contributed by atoms with E-state index in [9.17, 15) is 18.0 Å². The molecule has 128 valence electrons. The first-order valence-corrected chi connectivity index (χ1v) is 7.40. The zero-order chi connectivity index (χ0) is 17.9. The highest BCUT2D eigenvalue weighted by Crippen LogP contribution is 2.29. The number of nitrogens with zero attached hydrogens (tertiary/aromatic N) is 1. The van der Waals surface area contributed by atoms with Crippen LogP contribution in [-0.2, 0) is 17.4 Å². The molecule has 0 saturated heterocycles. The summed E-state index contributed by atoms with van der Waals surface area (Å²) in [6.45, 7) is 0. The summed E-state index contributed by atoms with van der Waals surface area (Å²) < 4.78 is 42.7. The van der Waals surface area contributed by atoms with Gasteiger partial charge in [0.25, 0.3) is 0 Å². The normalized spacial score (nSPS) is 11.3. The van der Waals surface area contributed by atoms with Crippen LogP contribution in [0.3, 0.4) is 0 Å². The van der Waals surface area contributed by atoms with Crippen molar-refractivity contribution in [2.45, 2.75) is 12.6 Å². The van der Waals surface area contributed by atoms with Crippen LogP contribution in [0.25, 0.3) is 11.3 Å². The minimum Gasteiger partial charge on any atom is -0.356 e. The Morgan fingerprint density at radius 2 is 1.72 bits per heavy atom. The molecule has 0 spiro atoms. The molecule has 0 aliphatic heterocycles. The van der Waals surface area contributed by atoms with Crippen LogP contribution in [0.2, 0.25) is 0 Å². The van der Waals surface area contributed by atoms with E-state index in [1.54, 1.807) is 6.07 Å². The fourth-order valence-corrected chi connectivity index (χ4v) is 2.25. The average molecular weight is 346 g/mol. The lowest BCUT2D eigenvalue weighted by Crippen LogP contribution is -2.14. The molecule has 0 saturated carbocycles. The van der Waals surface area contributed by atoms with Crippen molar-refractivity contribution in [1.82, 2.24) is 5.16 Å². The summed E-state index contributed by atoms with van der Waals surface area (Å²) in [6.07, 6.45) is -4.45. The van der Waals surface area contributed by atoms with Crippen molar-refractivity contribution in [2.75, 3.05) is 5.32 Å². The van der Waals surface area contributed by atoms with Crippen molar-refractivity contribution in [1.29, 1.82) is 0 Å². The number of hydrogen-bond acceptors (Lipinski definition) is 3. The maximum Gasteiger partial charge on any atom is 0.416 e. The first-order valence-electron chi connectivity index (χ1n) is 7.40. The highest BCUT2D eigenvalue weighted by atomic mass is 19.4. The molecule has 2 aromatic carbocycles. The molecule has 0 bridgehead atoms. The number of benzene rings is 2. The summed E-state index contributed by atoms with van der Waals surface area (Å²) in [7, 11) is 0. The fraction of sp³-hybridized carbons (Fsp3) is 0.111. The van der Waals surface area contributed by atoms with Gasteiger partial charge in [0, 0.05) is 17.3 Å². The van der Waals surface area contributed by atoms with Crippen LogP contribution < -0.4 is 5.32 Å². The Hall–Kier alpha value is -3.09. The third kappa shape index (κ3) is 4.26. The number of rotatable bonds is 4. The Labute approximate surface area is 141 Å². The van der Waals surface area contributed by atoms with Gasteiger partial charge in [-0.05, 0) is 24.3 Å². The molecule has 7 heteroatoms. The summed E-state index contributed by atoms with van der Waals surface area (Å²) in [5.41, 5.74) is 0.784. The van der Waals surface area contributed by atoms with Crippen LogP contribution >= 0.6 is 0 Å². The van der Waals surface area contributed by atoms with E-state index >= 15 is 0 Å². The van der Waals surface area contributed by atoms with Crippen molar-refractivity contribution < 1.29 is 22.5 Å². The molecular formula is C18H13F3N2O2. The van der Waals surface area contributed by atoms with Crippen molar-refractivity contribution in [3.63, 3.8) is 0 Å². The number of hydrogen-bond donors (Lipinski definition) is 1. The van der Waals surface area contributed by atoms with Crippen LogP contribution in [0.15, 0.2) is 65.2 Å². The molecule has 0 aliphatic carbocycles. The van der Waals surface area contributed by atoms with E-state index in [0.717, 1.165) is 17.7 Å². The number of alkyl halides is 3. The summed E-state index contributed by atoms with van der Waals surface area (Å²) in [5, 5.41) is 6.37. The SMILES string of the molecule is O=C(Cc1cc(-c2ccccc2)on1)Nc1ccc(C(F)(F)F)cc1. The Bertz CT molecular complexity index is 856. The first-order chi connectivity index (χ1) is 11.9. The molecule has 25 heavy (non-hydrogen) atoms. The Morgan fingerprint density at radius 1 is 1.04 bits per heavy atom. The molecule has 0 unspecified atom stereocenters. The molecule has 4 nitrogen and oxygen atoms in total. The number of amides is 1. The van der Waals surface area contributed by atoms with Gasteiger partial charge in [-0.3, -0.25) is 4.79 Å². The molecule has 1 heterocycles. The van der Waals surface area contributed by atoms with Crippen LogP contribution in [0.4, 0.5) is 18.9 Å². The lowest BCUT2D eigenvalue weighted by atomic mass is 10.1. The van der Waals surface area contributed by atoms with Gasteiger partial charge >= 0.3 is 6.18 Å². The second kappa shape index (κ2) is 6.80. The summed E-state index contributed by atoms with van der Waals surface area (Å²) in [4.78, 5) is 12.0. The topological polar surface area (TPSA) is 55.1 Å². The maximum atomic E-state index is 12.5. The van der Waals surface area contributed by atoms with E-state index in [1.807, 2.05) is 30.3 Å². The molecule has 1 N–H and O–H groups in total. The van der Waals surface area contributed by atoms with Crippen molar-refractivity contribution in [3.05, 3.63) is 71.9 Å². The monoisotopic (exact) mass is 346 g/mol. The van der Waals surface area contributed by atoms with Gasteiger partial charge in [-0.2, -0.15) is 13.2 Å². The van der Waals surface area contributed by atoms with Crippen molar-refractivity contribution in [3.8, 4) is 11.3 Å². The smallest absolute Gasteiger partial charge is 0.356 e. The summed E-state index contributed by atoms with van der Waals surface area (Å²) in [6, 6.07) is 15.2. The van der Waals surface area contributed by atoms with Gasteiger partial charge in [0.1, 0.15) is 0 Å². The van der Waals surface area contributed by atoms with Crippen LogP contribution in [-0.4, -0.2) is 11.1 Å². The highest BCUT2D eigenvalue weighted by Gasteiger charge is 2.29. The van der Waals surface area contributed by atoms with E-state index < -0.39 is 17.6 Å². The zero-order valence-electron chi connectivity index (χ0n) is 12.9. The van der Waals surface area contributed by atoms with Crippen molar-refractivity contribution >= 4 is 11.6 Å². The van der Waals surface area contributed by atoms with Gasteiger partial charge in [-0.25, -0.2) is 0 Å². The molecule has 0 aliphatic rings. The lowest BCUT2D eigenvalue weighted by molar-refractivity contribution is -0.137. The second-order valence-electron chi connectivity index (χ2n) is 5.35. The number of anilines is 1. The van der Waals surface area contributed by atoms with E-state index in [2.05, 4.69) is 10.5 Å². The minimum absolute atomic E-state index is 0.0443. The standard InChI is InChI=1S/C18H13F3N2O2/c19-18(20,21)13-6-8-14(9-7-13)22-17(24)11-15-10-16(25-23-15)12-4-2-1-3-5-12/h1-10H,11H2,(H,22,24). The summed E-state index contributed by atoms with van der Waals surface area (Å²) in [5.74, 6) is 0.144. The van der Waals surface area contributed by atoms with Crippen LogP contribution in [0.5, 0.6) is 0 Å². The van der Waals surface area contributed by atoms with Gasteiger partial charge in [-0.15, -0.1) is 0 Å². The van der Waals surface area contributed by atoms with Gasteiger partial charge in [0.15, 0.2) is 5.76 Å². The van der Waals surface area contributed by atoms with Gasteiger partial charge in [-0.1, -0.05) is 35.5 Å². The molecule has 1 amide bonds. The van der Waals surface area contributed by atoms with Crippen LogP contribution in [0.1, 0.15) is 11.3 Å². The average Bonchev–Trinajstić information content (AvgIpc) is 3.03. The van der Waals surface area contributed by atoms with Crippen molar-refractivity contribution in [2.24, 2.45) is 0 Å². The van der Waals surface area contributed by atoms with Gasteiger partial charge < -0.3 is 9.84 Å². The van der Waals surface area contributed by atoms with Gasteiger partial charge in [0.05, 0.1) is 17.7 Å². The number of carbonyl (C=O) groups is 1. The molecule has 0 atom stereocenters. The largest absolute Gasteiger partial charge is 0.416 e. The highest BCUT2D eigenvalue weighted by molar-refractivity contribution is 5.92. The molecule has 0 radical (unpaired) electrons. The Balaban J connectivity index is 1.62. The Kier molecular flexibility index (Phi) is 4.56. The van der Waals surface area contributed by atoms with E-state index in [0.29, 0.717) is 11.5 Å². The number of halogens is 3. The lowest BCUT2D eigenvalue weighted by Gasteiger charge is -2.08. The number of aromatic nitrogens is 1. The molecule has 1 aromatic heterocycles. The molecule has 3 aromatic rings. The molecular weight excluding hydrogens is 333 g/mol. The van der Waals surface area contributed by atoms with E-state index in [-0.39, 0.29) is 12.1 Å². The second-order valence-corrected chi connectivity index (χ2v) is 5.35.